The molecular formula is C14H16FNO3. The molecule has 1 fully saturated rings. The molecule has 0 aromatic heterocycles. The molecule has 4 nitrogen and oxygen atoms in total. The van der Waals surface area contributed by atoms with E-state index in [1.54, 1.807) is 13.8 Å². The SMILES string of the molecule is CCOC(=O)C1(C)CCN1C(=O)c1cccc(F)c1. The van der Waals surface area contributed by atoms with Gasteiger partial charge in [-0.15, -0.1) is 0 Å². The quantitative estimate of drug-likeness (QED) is 0.785. The number of halogens is 1. The normalized spacial score (nSPS) is 21.7. The van der Waals surface area contributed by atoms with E-state index in [1.165, 1.54) is 29.2 Å². The van der Waals surface area contributed by atoms with E-state index in [-0.39, 0.29) is 18.1 Å². The Hall–Kier alpha value is -1.91. The number of esters is 1. The Balaban J connectivity index is 2.19. The van der Waals surface area contributed by atoms with E-state index in [1.807, 2.05) is 0 Å². The molecule has 0 radical (unpaired) electrons. The summed E-state index contributed by atoms with van der Waals surface area (Å²) >= 11 is 0. The van der Waals surface area contributed by atoms with Crippen molar-refractivity contribution >= 4 is 11.9 Å². The van der Waals surface area contributed by atoms with Gasteiger partial charge in [0, 0.05) is 12.1 Å². The van der Waals surface area contributed by atoms with Gasteiger partial charge in [0.25, 0.3) is 5.91 Å². The minimum atomic E-state index is -0.931. The van der Waals surface area contributed by atoms with Crippen molar-refractivity contribution in [2.75, 3.05) is 13.2 Å². The first-order chi connectivity index (χ1) is 8.99. The van der Waals surface area contributed by atoms with Crippen molar-refractivity contribution in [3.63, 3.8) is 0 Å². The number of nitrogens with zero attached hydrogens (tertiary/aromatic N) is 1. The maximum Gasteiger partial charge on any atom is 0.331 e. The van der Waals surface area contributed by atoms with Crippen molar-refractivity contribution in [1.82, 2.24) is 4.90 Å². The minimum Gasteiger partial charge on any atom is -0.464 e. The molecule has 1 unspecified atom stereocenters. The van der Waals surface area contributed by atoms with Crippen LogP contribution < -0.4 is 0 Å². The van der Waals surface area contributed by atoms with Gasteiger partial charge in [-0.05, 0) is 38.5 Å². The van der Waals surface area contributed by atoms with Gasteiger partial charge >= 0.3 is 5.97 Å². The molecule has 0 saturated carbocycles. The Morgan fingerprint density at radius 1 is 1.47 bits per heavy atom. The van der Waals surface area contributed by atoms with Crippen molar-refractivity contribution < 1.29 is 18.7 Å². The number of rotatable bonds is 3. The summed E-state index contributed by atoms with van der Waals surface area (Å²) in [6.07, 6.45) is 0.562. The lowest BCUT2D eigenvalue weighted by Crippen LogP contribution is -2.65. The molecule has 5 heteroatoms. The number of hydrogen-bond acceptors (Lipinski definition) is 3. The average molecular weight is 265 g/mol. The highest BCUT2D eigenvalue weighted by Crippen LogP contribution is 2.33. The van der Waals surface area contributed by atoms with Crippen LogP contribution in [0.3, 0.4) is 0 Å². The lowest BCUT2D eigenvalue weighted by atomic mass is 9.86. The monoisotopic (exact) mass is 265 g/mol. The van der Waals surface area contributed by atoms with Crippen LogP contribution in [0, 0.1) is 5.82 Å². The minimum absolute atomic E-state index is 0.246. The van der Waals surface area contributed by atoms with Gasteiger partial charge in [0.15, 0.2) is 0 Å². The molecule has 1 aromatic rings. The molecule has 0 bridgehead atoms. The topological polar surface area (TPSA) is 46.6 Å². The van der Waals surface area contributed by atoms with E-state index < -0.39 is 17.3 Å². The van der Waals surface area contributed by atoms with Crippen LogP contribution in [0.1, 0.15) is 30.6 Å². The van der Waals surface area contributed by atoms with Crippen molar-refractivity contribution in [3.05, 3.63) is 35.6 Å². The Morgan fingerprint density at radius 3 is 2.74 bits per heavy atom. The summed E-state index contributed by atoms with van der Waals surface area (Å²) in [6, 6.07) is 5.46. The van der Waals surface area contributed by atoms with Gasteiger partial charge in [-0.1, -0.05) is 6.07 Å². The predicted molar refractivity (Wildman–Crippen MR) is 67.1 cm³/mol. The molecule has 0 spiro atoms. The zero-order chi connectivity index (χ0) is 14.0. The number of carbonyl (C=O) groups is 2. The van der Waals surface area contributed by atoms with Crippen LogP contribution in [0.15, 0.2) is 24.3 Å². The molecule has 1 aliphatic rings. The van der Waals surface area contributed by atoms with E-state index in [0.29, 0.717) is 13.0 Å². The standard InChI is InChI=1S/C14H16FNO3/c1-3-19-13(18)14(2)7-8-16(14)12(17)10-5-4-6-11(15)9-10/h4-6,9H,3,7-8H2,1-2H3. The summed E-state index contributed by atoms with van der Waals surface area (Å²) in [7, 11) is 0. The van der Waals surface area contributed by atoms with Crippen molar-refractivity contribution in [1.29, 1.82) is 0 Å². The smallest absolute Gasteiger partial charge is 0.331 e. The first kappa shape index (κ1) is 13.5. The van der Waals surface area contributed by atoms with E-state index in [9.17, 15) is 14.0 Å². The highest BCUT2D eigenvalue weighted by Gasteiger charge is 2.50. The summed E-state index contributed by atoms with van der Waals surface area (Å²) in [5.41, 5.74) is -0.686. The number of amides is 1. The molecule has 1 heterocycles. The Kier molecular flexibility index (Phi) is 3.55. The molecule has 0 N–H and O–H groups in total. The van der Waals surface area contributed by atoms with Crippen molar-refractivity contribution in [2.24, 2.45) is 0 Å². The molecule has 1 atom stereocenters. The second-order valence-corrected chi connectivity index (χ2v) is 4.71. The van der Waals surface area contributed by atoms with Crippen molar-refractivity contribution in [2.45, 2.75) is 25.8 Å². The maximum absolute atomic E-state index is 13.1. The van der Waals surface area contributed by atoms with Gasteiger partial charge in [0.1, 0.15) is 11.4 Å². The first-order valence-corrected chi connectivity index (χ1v) is 6.24. The van der Waals surface area contributed by atoms with E-state index in [0.717, 1.165) is 0 Å². The highest BCUT2D eigenvalue weighted by atomic mass is 19.1. The molecule has 102 valence electrons. The fourth-order valence-electron chi connectivity index (χ4n) is 2.16. The summed E-state index contributed by atoms with van der Waals surface area (Å²) in [6.45, 7) is 4.14. The third kappa shape index (κ3) is 2.32. The molecule has 1 aromatic carbocycles. The summed E-state index contributed by atoms with van der Waals surface area (Å²) < 4.78 is 18.1. The summed E-state index contributed by atoms with van der Waals surface area (Å²) in [5.74, 6) is -1.23. The predicted octanol–water partition coefficient (Wildman–Crippen LogP) is 1.99. The molecule has 2 rings (SSSR count). The molecule has 0 aliphatic carbocycles. The van der Waals surface area contributed by atoms with Crippen LogP contribution in [-0.2, 0) is 9.53 Å². The number of likely N-dealkylation sites (tertiary alicyclic amines) is 1. The second-order valence-electron chi connectivity index (χ2n) is 4.71. The van der Waals surface area contributed by atoms with Gasteiger partial charge in [-0.2, -0.15) is 0 Å². The summed E-state index contributed by atoms with van der Waals surface area (Å²) in [5, 5.41) is 0. The van der Waals surface area contributed by atoms with E-state index in [4.69, 9.17) is 4.74 Å². The maximum atomic E-state index is 13.1. The van der Waals surface area contributed by atoms with Gasteiger partial charge in [0.05, 0.1) is 6.61 Å². The van der Waals surface area contributed by atoms with Crippen LogP contribution in [0.5, 0.6) is 0 Å². The Labute approximate surface area is 111 Å². The van der Waals surface area contributed by atoms with E-state index >= 15 is 0 Å². The summed E-state index contributed by atoms with van der Waals surface area (Å²) in [4.78, 5) is 25.6. The van der Waals surface area contributed by atoms with Gasteiger partial charge in [0.2, 0.25) is 0 Å². The Bertz CT molecular complexity index is 517. The highest BCUT2D eigenvalue weighted by molar-refractivity contribution is 5.99. The van der Waals surface area contributed by atoms with Gasteiger partial charge in [-0.25, -0.2) is 9.18 Å². The van der Waals surface area contributed by atoms with Crippen LogP contribution in [0.25, 0.3) is 0 Å². The van der Waals surface area contributed by atoms with Crippen LogP contribution in [-0.4, -0.2) is 35.5 Å². The fraction of sp³-hybridized carbons (Fsp3) is 0.429. The third-order valence-corrected chi connectivity index (χ3v) is 3.45. The van der Waals surface area contributed by atoms with E-state index in [2.05, 4.69) is 0 Å². The molecule has 1 saturated heterocycles. The number of benzene rings is 1. The largest absolute Gasteiger partial charge is 0.464 e. The fourth-order valence-corrected chi connectivity index (χ4v) is 2.16. The van der Waals surface area contributed by atoms with Crippen LogP contribution in [0.2, 0.25) is 0 Å². The average Bonchev–Trinajstić information content (AvgIpc) is 2.36. The second kappa shape index (κ2) is 4.99. The molecule has 19 heavy (non-hydrogen) atoms. The number of hydrogen-bond donors (Lipinski definition) is 0. The molecule has 1 amide bonds. The lowest BCUT2D eigenvalue weighted by Gasteiger charge is -2.48. The zero-order valence-electron chi connectivity index (χ0n) is 11.0. The van der Waals surface area contributed by atoms with Gasteiger partial charge in [-0.3, -0.25) is 4.79 Å². The van der Waals surface area contributed by atoms with Crippen LogP contribution in [0.4, 0.5) is 4.39 Å². The zero-order valence-corrected chi connectivity index (χ0v) is 11.0. The first-order valence-electron chi connectivity index (χ1n) is 6.24. The molecular weight excluding hydrogens is 249 g/mol. The van der Waals surface area contributed by atoms with Crippen LogP contribution >= 0.6 is 0 Å². The number of carbonyl (C=O) groups excluding carboxylic acids is 2. The van der Waals surface area contributed by atoms with Crippen molar-refractivity contribution in [3.8, 4) is 0 Å². The molecule has 1 aliphatic heterocycles. The third-order valence-electron chi connectivity index (χ3n) is 3.45. The lowest BCUT2D eigenvalue weighted by molar-refractivity contribution is -0.162. The van der Waals surface area contributed by atoms with Gasteiger partial charge < -0.3 is 9.64 Å². The number of ether oxygens (including phenoxy) is 1. The Morgan fingerprint density at radius 2 is 2.21 bits per heavy atom.